The van der Waals surface area contributed by atoms with Crippen molar-refractivity contribution < 1.29 is 0 Å². The Morgan fingerprint density at radius 3 is 2.50 bits per heavy atom. The topological polar surface area (TPSA) is 29.0 Å². The lowest BCUT2D eigenvalue weighted by Crippen LogP contribution is -2.19. The molecule has 0 bridgehead atoms. The lowest BCUT2D eigenvalue weighted by atomic mass is 10.2. The van der Waals surface area contributed by atoms with Crippen molar-refractivity contribution in [2.75, 3.05) is 11.9 Å². The molecule has 0 unspecified atom stereocenters. The third-order valence-corrected chi connectivity index (χ3v) is 3.63. The highest BCUT2D eigenvalue weighted by molar-refractivity contribution is 9.10. The Hall–Kier alpha value is -1.13. The first-order chi connectivity index (χ1) is 8.70. The third kappa shape index (κ3) is 3.21. The Morgan fingerprint density at radius 2 is 1.89 bits per heavy atom. The van der Waals surface area contributed by atoms with Crippen LogP contribution in [0.15, 0.2) is 41.1 Å². The van der Waals surface area contributed by atoms with Crippen molar-refractivity contribution in [1.82, 2.24) is 9.97 Å². The highest BCUT2D eigenvalue weighted by Crippen LogP contribution is 2.19. The van der Waals surface area contributed by atoms with Crippen LogP contribution in [-0.2, 0) is 12.4 Å². The van der Waals surface area contributed by atoms with Crippen LogP contribution in [0.4, 0.5) is 5.95 Å². The Kier molecular flexibility index (Phi) is 4.55. The lowest BCUT2D eigenvalue weighted by Gasteiger charge is -2.17. The van der Waals surface area contributed by atoms with E-state index in [9.17, 15) is 0 Å². The van der Waals surface area contributed by atoms with Gasteiger partial charge in [0, 0.05) is 36.0 Å². The largest absolute Gasteiger partial charge is 0.340 e. The van der Waals surface area contributed by atoms with Gasteiger partial charge >= 0.3 is 0 Å². The Morgan fingerprint density at radius 1 is 1.22 bits per heavy atom. The minimum absolute atomic E-state index is 0.439. The molecule has 18 heavy (non-hydrogen) atoms. The van der Waals surface area contributed by atoms with E-state index in [2.05, 4.69) is 32.0 Å². The first-order valence-corrected chi connectivity index (χ1v) is 6.85. The van der Waals surface area contributed by atoms with Gasteiger partial charge in [-0.3, -0.25) is 0 Å². The molecule has 1 heterocycles. The molecular weight excluding hydrogens is 314 g/mol. The van der Waals surface area contributed by atoms with E-state index >= 15 is 0 Å². The van der Waals surface area contributed by atoms with Crippen molar-refractivity contribution in [1.29, 1.82) is 0 Å². The van der Waals surface area contributed by atoms with E-state index in [0.717, 1.165) is 16.6 Å². The van der Waals surface area contributed by atoms with Gasteiger partial charge in [0.2, 0.25) is 5.95 Å². The Bertz CT molecular complexity index is 516. The number of alkyl halides is 1. The molecule has 0 spiro atoms. The van der Waals surface area contributed by atoms with Crippen molar-refractivity contribution in [3.63, 3.8) is 0 Å². The van der Waals surface area contributed by atoms with Crippen molar-refractivity contribution in [2.45, 2.75) is 12.4 Å². The van der Waals surface area contributed by atoms with Crippen LogP contribution in [0.3, 0.4) is 0 Å². The summed E-state index contributed by atoms with van der Waals surface area (Å²) in [6.45, 7) is 0.752. The van der Waals surface area contributed by atoms with E-state index in [-0.39, 0.29) is 0 Å². The quantitative estimate of drug-likeness (QED) is 0.804. The summed E-state index contributed by atoms with van der Waals surface area (Å²) in [6, 6.07) is 8.12. The molecule has 3 nitrogen and oxygen atoms in total. The fourth-order valence-electron chi connectivity index (χ4n) is 1.57. The maximum atomic E-state index is 5.71. The monoisotopic (exact) mass is 325 g/mol. The maximum Gasteiger partial charge on any atom is 0.225 e. The molecule has 5 heteroatoms. The number of halogens is 2. The van der Waals surface area contributed by atoms with Crippen LogP contribution in [0.25, 0.3) is 0 Å². The zero-order chi connectivity index (χ0) is 13.0. The highest BCUT2D eigenvalue weighted by Gasteiger charge is 2.07. The molecule has 0 aliphatic carbocycles. The second kappa shape index (κ2) is 6.16. The first kappa shape index (κ1) is 13.3. The summed E-state index contributed by atoms with van der Waals surface area (Å²) in [5.74, 6) is 1.13. The van der Waals surface area contributed by atoms with Gasteiger partial charge in [-0.2, -0.15) is 0 Å². The molecule has 0 atom stereocenters. The van der Waals surface area contributed by atoms with E-state index in [1.165, 1.54) is 5.56 Å². The molecule has 0 saturated heterocycles. The highest BCUT2D eigenvalue weighted by atomic mass is 79.9. The second-order valence-electron chi connectivity index (χ2n) is 3.97. The average Bonchev–Trinajstić information content (AvgIpc) is 2.41. The number of hydrogen-bond acceptors (Lipinski definition) is 3. The third-order valence-electron chi connectivity index (χ3n) is 2.55. The Labute approximate surface area is 120 Å². The van der Waals surface area contributed by atoms with Crippen molar-refractivity contribution in [3.05, 3.63) is 52.3 Å². The maximum absolute atomic E-state index is 5.71. The summed E-state index contributed by atoms with van der Waals surface area (Å²) >= 11 is 9.24. The number of hydrogen-bond donors (Lipinski definition) is 0. The van der Waals surface area contributed by atoms with Gasteiger partial charge in [-0.05, 0) is 11.6 Å². The minimum Gasteiger partial charge on any atom is -0.340 e. The number of anilines is 1. The van der Waals surface area contributed by atoms with Crippen LogP contribution in [0.1, 0.15) is 11.1 Å². The van der Waals surface area contributed by atoms with E-state index in [4.69, 9.17) is 11.6 Å². The molecule has 0 aliphatic heterocycles. The van der Waals surface area contributed by atoms with Gasteiger partial charge in [-0.15, -0.1) is 11.6 Å². The predicted molar refractivity (Wildman–Crippen MR) is 77.8 cm³/mol. The SMILES string of the molecule is CN(Cc1ccccc1Br)c1ncc(CCl)cn1. The summed E-state index contributed by atoms with van der Waals surface area (Å²) < 4.78 is 1.09. The van der Waals surface area contributed by atoms with Gasteiger partial charge in [0.15, 0.2) is 0 Å². The van der Waals surface area contributed by atoms with E-state index in [1.54, 1.807) is 12.4 Å². The molecule has 0 fully saturated rings. The molecule has 2 rings (SSSR count). The van der Waals surface area contributed by atoms with Crippen LogP contribution in [0.2, 0.25) is 0 Å². The zero-order valence-corrected chi connectivity index (χ0v) is 12.3. The van der Waals surface area contributed by atoms with Gasteiger partial charge in [-0.25, -0.2) is 9.97 Å². The van der Waals surface area contributed by atoms with Crippen molar-refractivity contribution in [2.24, 2.45) is 0 Å². The molecule has 2 aromatic rings. The van der Waals surface area contributed by atoms with E-state index < -0.39 is 0 Å². The van der Waals surface area contributed by atoms with Gasteiger partial charge in [-0.1, -0.05) is 34.1 Å². The summed E-state index contributed by atoms with van der Waals surface area (Å²) in [5, 5.41) is 0. The van der Waals surface area contributed by atoms with Crippen molar-refractivity contribution in [3.8, 4) is 0 Å². The fraction of sp³-hybridized carbons (Fsp3) is 0.231. The normalized spacial score (nSPS) is 10.4. The van der Waals surface area contributed by atoms with E-state index in [1.807, 2.05) is 30.1 Å². The van der Waals surface area contributed by atoms with E-state index in [0.29, 0.717) is 11.8 Å². The molecule has 1 aromatic carbocycles. The van der Waals surface area contributed by atoms with Gasteiger partial charge in [0.25, 0.3) is 0 Å². The first-order valence-electron chi connectivity index (χ1n) is 5.52. The molecule has 0 saturated carbocycles. The molecular formula is C13H13BrClN3. The summed E-state index contributed by atoms with van der Waals surface area (Å²) in [5.41, 5.74) is 2.12. The molecule has 0 N–H and O–H groups in total. The number of nitrogens with zero attached hydrogens (tertiary/aromatic N) is 3. The second-order valence-corrected chi connectivity index (χ2v) is 5.09. The zero-order valence-electron chi connectivity index (χ0n) is 9.98. The van der Waals surface area contributed by atoms with Crippen LogP contribution < -0.4 is 4.90 Å². The number of rotatable bonds is 4. The molecule has 0 aliphatic rings. The van der Waals surface area contributed by atoms with Gasteiger partial charge < -0.3 is 4.90 Å². The summed E-state index contributed by atoms with van der Waals surface area (Å²) in [4.78, 5) is 10.6. The molecule has 0 radical (unpaired) electrons. The lowest BCUT2D eigenvalue weighted by molar-refractivity contribution is 0.860. The van der Waals surface area contributed by atoms with Crippen molar-refractivity contribution >= 4 is 33.5 Å². The molecule has 1 aromatic heterocycles. The Balaban J connectivity index is 2.11. The molecule has 0 amide bonds. The van der Waals surface area contributed by atoms with Gasteiger partial charge in [0.1, 0.15) is 0 Å². The van der Waals surface area contributed by atoms with Crippen LogP contribution in [-0.4, -0.2) is 17.0 Å². The van der Waals surface area contributed by atoms with Crippen LogP contribution in [0.5, 0.6) is 0 Å². The standard InChI is InChI=1S/C13H13BrClN3/c1-18(9-11-4-2-3-5-12(11)14)13-16-7-10(6-15)8-17-13/h2-5,7-8H,6,9H2,1H3. The van der Waals surface area contributed by atoms with Crippen LogP contribution >= 0.6 is 27.5 Å². The fourth-order valence-corrected chi connectivity index (χ4v) is 2.12. The van der Waals surface area contributed by atoms with Gasteiger partial charge in [0.05, 0.1) is 5.88 Å². The smallest absolute Gasteiger partial charge is 0.225 e. The summed E-state index contributed by atoms with van der Waals surface area (Å²) in [7, 11) is 1.97. The van der Waals surface area contributed by atoms with Crippen LogP contribution in [0, 0.1) is 0 Å². The average molecular weight is 327 g/mol. The summed E-state index contributed by atoms with van der Waals surface area (Å²) in [6.07, 6.45) is 3.51. The molecule has 94 valence electrons. The predicted octanol–water partition coefficient (Wildman–Crippen LogP) is 3.61. The number of benzene rings is 1. The minimum atomic E-state index is 0.439. The number of aromatic nitrogens is 2.